The first-order valence-corrected chi connectivity index (χ1v) is 8.54. The van der Waals surface area contributed by atoms with Crippen molar-refractivity contribution >= 4 is 11.6 Å². The van der Waals surface area contributed by atoms with Crippen molar-refractivity contribution in [2.75, 3.05) is 32.1 Å². The van der Waals surface area contributed by atoms with Crippen molar-refractivity contribution in [1.82, 2.24) is 20.1 Å². The number of aromatic amines is 1. The zero-order valence-electron chi connectivity index (χ0n) is 15.2. The smallest absolute Gasteiger partial charge is 0.227 e. The van der Waals surface area contributed by atoms with Gasteiger partial charge in [-0.2, -0.15) is 5.10 Å². The third-order valence-corrected chi connectivity index (χ3v) is 4.62. The number of nitrogens with one attached hydrogen (secondary N) is 2. The maximum Gasteiger partial charge on any atom is 0.227 e. The summed E-state index contributed by atoms with van der Waals surface area (Å²) < 4.78 is 5.88. The molecule has 1 aliphatic heterocycles. The molecular weight excluding hydrogens is 318 g/mol. The van der Waals surface area contributed by atoms with Gasteiger partial charge in [0.25, 0.3) is 0 Å². The monoisotopic (exact) mass is 343 g/mol. The lowest BCUT2D eigenvalue weighted by Crippen LogP contribution is -2.43. The third kappa shape index (κ3) is 3.82. The number of rotatable bonds is 4. The van der Waals surface area contributed by atoms with E-state index in [1.54, 1.807) is 0 Å². The molecule has 1 fully saturated rings. The van der Waals surface area contributed by atoms with E-state index in [1.165, 1.54) is 0 Å². The van der Waals surface area contributed by atoms with Crippen LogP contribution in [0.5, 0.6) is 0 Å². The first kappa shape index (κ1) is 17.4. The molecule has 0 aromatic carbocycles. The number of hydrogen-bond donors (Lipinski definition) is 2. The number of aromatic nitrogens is 3. The van der Waals surface area contributed by atoms with Gasteiger partial charge in [0.05, 0.1) is 31.0 Å². The van der Waals surface area contributed by atoms with Gasteiger partial charge in [0.15, 0.2) is 0 Å². The molecule has 134 valence electrons. The third-order valence-electron chi connectivity index (χ3n) is 4.62. The van der Waals surface area contributed by atoms with Crippen molar-refractivity contribution in [3.05, 3.63) is 40.5 Å². The normalized spacial score (nSPS) is 17.6. The predicted molar refractivity (Wildman–Crippen MR) is 95.6 cm³/mol. The van der Waals surface area contributed by atoms with Crippen LogP contribution in [0.15, 0.2) is 12.1 Å². The Labute approximate surface area is 147 Å². The van der Waals surface area contributed by atoms with Crippen LogP contribution < -0.4 is 5.32 Å². The Hall–Kier alpha value is -2.41. The summed E-state index contributed by atoms with van der Waals surface area (Å²) >= 11 is 0. The van der Waals surface area contributed by atoms with E-state index in [9.17, 15) is 4.79 Å². The molecule has 25 heavy (non-hydrogen) atoms. The van der Waals surface area contributed by atoms with Crippen LogP contribution in [0, 0.1) is 20.8 Å². The minimum absolute atomic E-state index is 0.0994. The SMILES string of the molecule is CNc1cc(C)nc([C@@H]2CN(C(=O)Cc3c(C)n[nH]c3C)CCO2)c1. The summed E-state index contributed by atoms with van der Waals surface area (Å²) in [4.78, 5) is 19.2. The average Bonchev–Trinajstić information content (AvgIpc) is 2.93. The number of nitrogens with zero attached hydrogens (tertiary/aromatic N) is 3. The fraction of sp³-hybridized carbons (Fsp3) is 0.500. The predicted octanol–water partition coefficient (Wildman–Crippen LogP) is 1.91. The standard InChI is InChI=1S/C18H25N5O2/c1-11-7-14(19-4)8-16(20-11)17-10-23(5-6-25-17)18(24)9-15-12(2)21-22-13(15)3/h7-8,17H,5-6,9-10H2,1-4H3,(H,19,20)(H,21,22)/t17-/m0/s1. The van der Waals surface area contributed by atoms with Gasteiger partial charge in [0, 0.05) is 36.2 Å². The Morgan fingerprint density at radius 1 is 1.40 bits per heavy atom. The topological polar surface area (TPSA) is 83.1 Å². The number of aryl methyl sites for hydroxylation is 3. The number of morpholine rings is 1. The molecule has 1 amide bonds. The largest absolute Gasteiger partial charge is 0.388 e. The first-order chi connectivity index (χ1) is 12.0. The molecule has 1 aliphatic rings. The van der Waals surface area contributed by atoms with Crippen LogP contribution in [0.4, 0.5) is 5.69 Å². The molecule has 3 heterocycles. The van der Waals surface area contributed by atoms with Gasteiger partial charge in [0.1, 0.15) is 6.10 Å². The molecule has 0 unspecified atom stereocenters. The summed E-state index contributed by atoms with van der Waals surface area (Å²) in [6.07, 6.45) is 0.167. The number of H-pyrrole nitrogens is 1. The van der Waals surface area contributed by atoms with Gasteiger partial charge in [-0.05, 0) is 32.9 Å². The second-order valence-electron chi connectivity index (χ2n) is 6.46. The number of amides is 1. The minimum atomic E-state index is -0.198. The first-order valence-electron chi connectivity index (χ1n) is 8.54. The van der Waals surface area contributed by atoms with Crippen LogP contribution in [0.25, 0.3) is 0 Å². The Morgan fingerprint density at radius 2 is 2.20 bits per heavy atom. The molecule has 2 aromatic rings. The lowest BCUT2D eigenvalue weighted by molar-refractivity contribution is -0.138. The van der Waals surface area contributed by atoms with E-state index in [4.69, 9.17) is 4.74 Å². The van der Waals surface area contributed by atoms with Gasteiger partial charge in [-0.1, -0.05) is 0 Å². The van der Waals surface area contributed by atoms with Gasteiger partial charge in [-0.3, -0.25) is 14.9 Å². The molecule has 2 N–H and O–H groups in total. The number of carbonyl (C=O) groups excluding carboxylic acids is 1. The van der Waals surface area contributed by atoms with Crippen molar-refractivity contribution in [2.45, 2.75) is 33.3 Å². The highest BCUT2D eigenvalue weighted by molar-refractivity contribution is 5.79. The van der Waals surface area contributed by atoms with E-state index in [-0.39, 0.29) is 12.0 Å². The second-order valence-corrected chi connectivity index (χ2v) is 6.46. The molecule has 0 radical (unpaired) electrons. The average molecular weight is 343 g/mol. The molecule has 7 nitrogen and oxygen atoms in total. The highest BCUT2D eigenvalue weighted by atomic mass is 16.5. The zero-order chi connectivity index (χ0) is 18.0. The number of carbonyl (C=O) groups is 1. The summed E-state index contributed by atoms with van der Waals surface area (Å²) in [5.74, 6) is 0.0994. The van der Waals surface area contributed by atoms with Crippen LogP contribution in [-0.2, 0) is 16.0 Å². The van der Waals surface area contributed by atoms with Crippen LogP contribution in [-0.4, -0.2) is 52.7 Å². The van der Waals surface area contributed by atoms with Crippen LogP contribution in [0.3, 0.4) is 0 Å². The molecular formula is C18H25N5O2. The van der Waals surface area contributed by atoms with E-state index < -0.39 is 0 Å². The van der Waals surface area contributed by atoms with Crippen LogP contribution in [0.1, 0.15) is 34.4 Å². The molecule has 0 aliphatic carbocycles. The molecule has 1 saturated heterocycles. The van der Waals surface area contributed by atoms with Gasteiger partial charge in [0.2, 0.25) is 5.91 Å². The fourth-order valence-corrected chi connectivity index (χ4v) is 3.16. The lowest BCUT2D eigenvalue weighted by Gasteiger charge is -2.33. The Balaban J connectivity index is 1.72. The minimum Gasteiger partial charge on any atom is -0.388 e. The Bertz CT molecular complexity index is 751. The maximum atomic E-state index is 12.7. The van der Waals surface area contributed by atoms with E-state index >= 15 is 0 Å². The van der Waals surface area contributed by atoms with Crippen LogP contribution in [0.2, 0.25) is 0 Å². The Kier molecular flexibility index (Phi) is 5.03. The molecule has 2 aromatic heterocycles. The Morgan fingerprint density at radius 3 is 2.88 bits per heavy atom. The zero-order valence-corrected chi connectivity index (χ0v) is 15.2. The number of pyridine rings is 1. The summed E-state index contributed by atoms with van der Waals surface area (Å²) in [5.41, 5.74) is 5.61. The summed E-state index contributed by atoms with van der Waals surface area (Å²) in [6.45, 7) is 7.47. The van der Waals surface area contributed by atoms with E-state index in [0.717, 1.165) is 34.0 Å². The molecule has 0 saturated carbocycles. The number of anilines is 1. The highest BCUT2D eigenvalue weighted by Gasteiger charge is 2.27. The fourth-order valence-electron chi connectivity index (χ4n) is 3.16. The number of ether oxygens (including phenoxy) is 1. The maximum absolute atomic E-state index is 12.7. The van der Waals surface area contributed by atoms with Crippen molar-refractivity contribution in [1.29, 1.82) is 0 Å². The molecule has 0 bridgehead atoms. The lowest BCUT2D eigenvalue weighted by atomic mass is 10.1. The van der Waals surface area contributed by atoms with Crippen molar-refractivity contribution in [2.24, 2.45) is 0 Å². The molecule has 3 rings (SSSR count). The van der Waals surface area contributed by atoms with E-state index in [1.807, 2.05) is 44.9 Å². The van der Waals surface area contributed by atoms with Crippen molar-refractivity contribution in [3.63, 3.8) is 0 Å². The van der Waals surface area contributed by atoms with Crippen LogP contribution >= 0.6 is 0 Å². The highest BCUT2D eigenvalue weighted by Crippen LogP contribution is 2.24. The van der Waals surface area contributed by atoms with Crippen molar-refractivity contribution < 1.29 is 9.53 Å². The summed E-state index contributed by atoms with van der Waals surface area (Å²) in [6, 6.07) is 3.97. The summed E-state index contributed by atoms with van der Waals surface area (Å²) in [7, 11) is 1.88. The van der Waals surface area contributed by atoms with E-state index in [0.29, 0.717) is 26.1 Å². The van der Waals surface area contributed by atoms with Gasteiger partial charge < -0.3 is 15.0 Å². The van der Waals surface area contributed by atoms with Gasteiger partial charge in [-0.25, -0.2) is 0 Å². The number of hydrogen-bond acceptors (Lipinski definition) is 5. The quantitative estimate of drug-likeness (QED) is 0.886. The van der Waals surface area contributed by atoms with E-state index in [2.05, 4.69) is 20.5 Å². The molecule has 1 atom stereocenters. The van der Waals surface area contributed by atoms with Gasteiger partial charge >= 0.3 is 0 Å². The molecule has 0 spiro atoms. The summed E-state index contributed by atoms with van der Waals surface area (Å²) in [5, 5.41) is 10.2. The van der Waals surface area contributed by atoms with Crippen molar-refractivity contribution in [3.8, 4) is 0 Å². The second kappa shape index (κ2) is 7.23. The van der Waals surface area contributed by atoms with Gasteiger partial charge in [-0.15, -0.1) is 0 Å². The molecule has 7 heteroatoms.